The Balaban J connectivity index is 1.05. The molecule has 0 spiro atoms. The second-order valence-electron chi connectivity index (χ2n) is 16.4. The smallest absolute Gasteiger partial charge is 0.246 e. The predicted molar refractivity (Wildman–Crippen MR) is 261 cm³/mol. The average molecular weight is 933 g/mol. The minimum absolute atomic E-state index is 0.0314. The predicted octanol–water partition coefficient (Wildman–Crippen LogP) is 8.28. The molecule has 2 saturated heterocycles. The maximum atomic E-state index is 14.5. The van der Waals surface area contributed by atoms with Crippen LogP contribution in [0.1, 0.15) is 63.1 Å². The number of ketones is 2. The van der Waals surface area contributed by atoms with Crippen LogP contribution in [0.3, 0.4) is 0 Å². The van der Waals surface area contributed by atoms with Crippen molar-refractivity contribution in [3.63, 3.8) is 0 Å². The van der Waals surface area contributed by atoms with E-state index in [9.17, 15) is 19.2 Å². The fourth-order valence-electron chi connectivity index (χ4n) is 8.33. The number of nitrogen functional groups attached to an aromatic ring is 2. The van der Waals surface area contributed by atoms with Crippen LogP contribution in [0.25, 0.3) is 11.4 Å². The Morgan fingerprint density at radius 1 is 0.676 bits per heavy atom. The van der Waals surface area contributed by atoms with E-state index in [0.29, 0.717) is 72.3 Å². The lowest BCUT2D eigenvalue weighted by atomic mass is 9.98. The maximum absolute atomic E-state index is 14.5. The number of nitrogens with two attached hydrogens (primary N) is 2. The van der Waals surface area contributed by atoms with Crippen LogP contribution in [-0.4, -0.2) is 91.4 Å². The maximum Gasteiger partial charge on any atom is 0.246 e. The van der Waals surface area contributed by atoms with Crippen LogP contribution in [-0.2, 0) is 9.59 Å². The number of carbonyl (C=O) groups is 4. The van der Waals surface area contributed by atoms with Crippen molar-refractivity contribution in [3.8, 4) is 34.4 Å². The average Bonchev–Trinajstić information content (AvgIpc) is 3.34. The molecule has 346 valence electrons. The number of hydrogen-bond acceptors (Lipinski definition) is 14. The molecule has 4 heterocycles. The summed E-state index contributed by atoms with van der Waals surface area (Å²) in [6.07, 6.45) is 6.77. The number of piperidine rings is 2. The minimum atomic E-state index is -0.502. The van der Waals surface area contributed by atoms with Crippen molar-refractivity contribution in [3.05, 3.63) is 155 Å². The molecule has 0 bridgehead atoms. The Labute approximate surface area is 398 Å². The van der Waals surface area contributed by atoms with E-state index < -0.39 is 11.6 Å². The SMILES string of the molecule is C=CC(=O)N1CCCC(Nc2nc(-c3cccc(Oc4ccc(C(=O)c5c(N)ncnc5NC5CCCN(C(=O)C=C)C5)c(Cl)c4)c3)nc(N)c2C(=O)c2ccc(Oc3ccccc3)cc2C)C1. The summed E-state index contributed by atoms with van der Waals surface area (Å²) in [5.74, 6) is 1.25. The van der Waals surface area contributed by atoms with Gasteiger partial charge in [0.1, 0.15) is 63.7 Å². The number of ether oxygens (including phenoxy) is 2. The summed E-state index contributed by atoms with van der Waals surface area (Å²) in [4.78, 5) is 74.7. The van der Waals surface area contributed by atoms with Crippen LogP contribution in [0.4, 0.5) is 23.3 Å². The Morgan fingerprint density at radius 2 is 1.25 bits per heavy atom. The van der Waals surface area contributed by atoms with Gasteiger partial charge in [-0.25, -0.2) is 19.9 Å². The summed E-state index contributed by atoms with van der Waals surface area (Å²) in [6.45, 7) is 11.0. The van der Waals surface area contributed by atoms with E-state index in [2.05, 4.69) is 38.7 Å². The van der Waals surface area contributed by atoms with Gasteiger partial charge in [-0.15, -0.1) is 0 Å². The van der Waals surface area contributed by atoms with Crippen LogP contribution in [0.2, 0.25) is 5.02 Å². The minimum Gasteiger partial charge on any atom is -0.457 e. The molecular formula is C51H49ClN10O6. The monoisotopic (exact) mass is 932 g/mol. The van der Waals surface area contributed by atoms with Crippen molar-refractivity contribution < 1.29 is 28.7 Å². The summed E-state index contributed by atoms with van der Waals surface area (Å²) in [5.41, 5.74) is 14.8. The molecular weight excluding hydrogens is 884 g/mol. The molecule has 0 saturated carbocycles. The van der Waals surface area contributed by atoms with Crippen LogP contribution in [0.5, 0.6) is 23.0 Å². The van der Waals surface area contributed by atoms with Crippen LogP contribution in [0, 0.1) is 6.92 Å². The molecule has 17 heteroatoms. The first-order valence-electron chi connectivity index (χ1n) is 22.0. The number of nitrogens with one attached hydrogen (secondary N) is 2. The van der Waals surface area contributed by atoms with Crippen LogP contribution >= 0.6 is 11.6 Å². The molecule has 2 aliphatic rings. The number of benzene rings is 4. The van der Waals surface area contributed by atoms with E-state index in [1.54, 1.807) is 58.3 Å². The van der Waals surface area contributed by atoms with Crippen LogP contribution < -0.4 is 31.6 Å². The lowest BCUT2D eigenvalue weighted by Crippen LogP contribution is -2.44. The molecule has 0 radical (unpaired) electrons. The first-order chi connectivity index (χ1) is 32.9. The molecule has 2 fully saturated rings. The third-order valence-corrected chi connectivity index (χ3v) is 12.0. The quantitative estimate of drug-likeness (QED) is 0.0562. The zero-order valence-electron chi connectivity index (χ0n) is 37.3. The molecule has 4 aromatic carbocycles. The van der Waals surface area contributed by atoms with Gasteiger partial charge in [-0.05, 0) is 105 Å². The van der Waals surface area contributed by atoms with E-state index in [1.165, 1.54) is 30.6 Å². The molecule has 2 atom stereocenters. The highest BCUT2D eigenvalue weighted by Gasteiger charge is 2.29. The highest BCUT2D eigenvalue weighted by molar-refractivity contribution is 6.35. The Morgan fingerprint density at radius 3 is 1.90 bits per heavy atom. The van der Waals surface area contributed by atoms with Gasteiger partial charge in [0.15, 0.2) is 5.82 Å². The molecule has 6 aromatic rings. The molecule has 2 amide bonds. The number of carbonyl (C=O) groups excluding carboxylic acids is 4. The Bertz CT molecular complexity index is 2930. The first-order valence-corrected chi connectivity index (χ1v) is 22.4. The normalized spacial score (nSPS) is 15.7. The highest BCUT2D eigenvalue weighted by Crippen LogP contribution is 2.35. The van der Waals surface area contributed by atoms with E-state index in [0.717, 1.165) is 19.3 Å². The van der Waals surface area contributed by atoms with Crippen molar-refractivity contribution in [2.45, 2.75) is 44.7 Å². The van der Waals surface area contributed by atoms with E-state index >= 15 is 0 Å². The summed E-state index contributed by atoms with van der Waals surface area (Å²) < 4.78 is 12.3. The summed E-state index contributed by atoms with van der Waals surface area (Å²) in [6, 6.07) is 25.7. The van der Waals surface area contributed by atoms with Gasteiger partial charge in [-0.3, -0.25) is 19.2 Å². The fraction of sp³-hybridized carbons (Fsp3) is 0.216. The van der Waals surface area contributed by atoms with Gasteiger partial charge < -0.3 is 41.4 Å². The zero-order chi connectivity index (χ0) is 47.9. The standard InChI is InChI=1S/C51H49ClN10O6/c1-4-41(63)61-22-10-13-32(27-61)57-50-43(47(53)55-29-56-50)46(66)39-21-19-37(26-40(39)52)68-35-17-9-12-31(25-35)49-59-48(54)44(51(60-49)58-33-14-11-23-62(28-33)42(64)5-2)45(65)38-20-18-36(24-30(38)3)67-34-15-7-6-8-16-34/h4-9,12,15-21,24-26,29,32-33H,1-2,10-11,13-14,22-23,27-28H2,3H3,(H3,53,55,56,57)(H3,54,58,59,60). The second kappa shape index (κ2) is 20.6. The number of amides is 2. The van der Waals surface area contributed by atoms with Gasteiger partial charge in [0.2, 0.25) is 23.4 Å². The number of hydrogen-bond donors (Lipinski definition) is 4. The highest BCUT2D eigenvalue weighted by atomic mass is 35.5. The van der Waals surface area contributed by atoms with E-state index in [4.69, 9.17) is 37.5 Å². The van der Waals surface area contributed by atoms with Gasteiger partial charge in [0, 0.05) is 61.0 Å². The number of aryl methyl sites for hydroxylation is 1. The van der Waals surface area contributed by atoms with Crippen molar-refractivity contribution >= 4 is 58.3 Å². The lowest BCUT2D eigenvalue weighted by Gasteiger charge is -2.33. The third-order valence-electron chi connectivity index (χ3n) is 11.7. The third kappa shape index (κ3) is 10.5. The number of rotatable bonds is 15. The molecule has 6 N–H and O–H groups in total. The van der Waals surface area contributed by atoms with Crippen molar-refractivity contribution in [1.82, 2.24) is 29.7 Å². The molecule has 2 aromatic heterocycles. The first kappa shape index (κ1) is 46.4. The Hall–Kier alpha value is -8.11. The largest absolute Gasteiger partial charge is 0.457 e. The van der Waals surface area contributed by atoms with Gasteiger partial charge >= 0.3 is 0 Å². The van der Waals surface area contributed by atoms with E-state index in [1.807, 2.05) is 37.3 Å². The van der Waals surface area contributed by atoms with Crippen molar-refractivity contribution in [2.24, 2.45) is 0 Å². The van der Waals surface area contributed by atoms with Gasteiger partial charge in [-0.1, -0.05) is 55.1 Å². The number of likely N-dealkylation sites (tertiary alicyclic amines) is 2. The van der Waals surface area contributed by atoms with Gasteiger partial charge in [0.25, 0.3) is 0 Å². The number of anilines is 4. The molecule has 68 heavy (non-hydrogen) atoms. The second-order valence-corrected chi connectivity index (χ2v) is 16.8. The summed E-state index contributed by atoms with van der Waals surface area (Å²) in [7, 11) is 0. The molecule has 8 rings (SSSR count). The van der Waals surface area contributed by atoms with Crippen molar-refractivity contribution in [1.29, 1.82) is 0 Å². The van der Waals surface area contributed by atoms with Crippen molar-refractivity contribution in [2.75, 3.05) is 48.3 Å². The number of para-hydroxylation sites is 1. The fourth-order valence-corrected chi connectivity index (χ4v) is 8.59. The summed E-state index contributed by atoms with van der Waals surface area (Å²) >= 11 is 6.76. The summed E-state index contributed by atoms with van der Waals surface area (Å²) in [5, 5.41) is 6.81. The molecule has 0 aliphatic carbocycles. The number of halogens is 1. The molecule has 2 aliphatic heterocycles. The Kier molecular flexibility index (Phi) is 14.1. The van der Waals surface area contributed by atoms with E-state index in [-0.39, 0.29) is 74.7 Å². The molecule has 16 nitrogen and oxygen atoms in total. The molecule has 2 unspecified atom stereocenters. The number of nitrogens with zero attached hydrogens (tertiary/aromatic N) is 6. The van der Waals surface area contributed by atoms with Gasteiger partial charge in [0.05, 0.1) is 5.02 Å². The zero-order valence-corrected chi connectivity index (χ0v) is 38.0. The number of aromatic nitrogens is 4. The van der Waals surface area contributed by atoms with Crippen LogP contribution in [0.15, 0.2) is 123 Å². The van der Waals surface area contributed by atoms with Gasteiger partial charge in [-0.2, -0.15) is 0 Å². The topological polar surface area (TPSA) is 221 Å². The lowest BCUT2D eigenvalue weighted by molar-refractivity contribution is -0.127.